The molecule has 0 aromatic heterocycles. The molecule has 0 aliphatic heterocycles. The van der Waals surface area contributed by atoms with Gasteiger partial charge in [-0.3, -0.25) is 0 Å². The largest absolute Gasteiger partial charge is 0.477 e. The highest BCUT2D eigenvalue weighted by atomic mass is 16.5. The highest BCUT2D eigenvalue weighted by Crippen LogP contribution is 2.15. The molecule has 0 aromatic rings. The van der Waals surface area contributed by atoms with Crippen molar-refractivity contribution in [1.82, 2.24) is 0 Å². The van der Waals surface area contributed by atoms with E-state index in [0.29, 0.717) is 6.42 Å². The summed E-state index contributed by atoms with van der Waals surface area (Å²) in [5, 5.41) is 27.1. The van der Waals surface area contributed by atoms with Crippen molar-refractivity contribution in [3.8, 4) is 0 Å². The van der Waals surface area contributed by atoms with Gasteiger partial charge in [0.2, 0.25) is 0 Å². The maximum Gasteiger partial charge on any atom is 0.364 e. The number of carboxylic acids is 1. The Morgan fingerprint density at radius 1 is 0.526 bits per heavy atom. The molecule has 216 valence electrons. The number of rotatable bonds is 26. The molecule has 0 saturated heterocycles. The number of unbranched alkanes of at least 4 members (excludes halogenated alkanes) is 13. The van der Waals surface area contributed by atoms with Gasteiger partial charge in [0.05, 0.1) is 0 Å². The van der Waals surface area contributed by atoms with Crippen LogP contribution in [0.15, 0.2) is 72.9 Å². The van der Waals surface area contributed by atoms with Crippen LogP contribution in [0.3, 0.4) is 0 Å². The second kappa shape index (κ2) is 27.9. The van der Waals surface area contributed by atoms with Gasteiger partial charge in [-0.25, -0.2) is 4.79 Å². The number of hydrogen-bond donors (Lipinski definition) is 3. The minimum atomic E-state index is -2.56. The van der Waals surface area contributed by atoms with Gasteiger partial charge in [-0.05, 0) is 57.8 Å². The summed E-state index contributed by atoms with van der Waals surface area (Å²) in [5.74, 6) is -4.12. The summed E-state index contributed by atoms with van der Waals surface area (Å²) >= 11 is 0. The molecule has 0 aromatic carbocycles. The molecular formula is C34H56O4. The molecule has 0 heterocycles. The molecule has 0 rings (SSSR count). The van der Waals surface area contributed by atoms with Gasteiger partial charge < -0.3 is 15.3 Å². The van der Waals surface area contributed by atoms with E-state index in [1.807, 2.05) is 0 Å². The summed E-state index contributed by atoms with van der Waals surface area (Å²) in [5.41, 5.74) is 0. The van der Waals surface area contributed by atoms with Crippen LogP contribution < -0.4 is 0 Å². The molecule has 0 aliphatic rings. The van der Waals surface area contributed by atoms with Gasteiger partial charge in [0.1, 0.15) is 0 Å². The molecule has 0 spiro atoms. The predicted molar refractivity (Wildman–Crippen MR) is 163 cm³/mol. The summed E-state index contributed by atoms with van der Waals surface area (Å²) in [6.07, 6.45) is 46.7. The van der Waals surface area contributed by atoms with Gasteiger partial charge in [-0.1, -0.05) is 138 Å². The molecular weight excluding hydrogens is 472 g/mol. The molecule has 0 fully saturated rings. The first-order chi connectivity index (χ1) is 18.5. The van der Waals surface area contributed by atoms with Crippen LogP contribution in [0.4, 0.5) is 0 Å². The van der Waals surface area contributed by atoms with Gasteiger partial charge in [0.25, 0.3) is 5.79 Å². The average molecular weight is 529 g/mol. The van der Waals surface area contributed by atoms with Crippen LogP contribution in [-0.2, 0) is 4.79 Å². The van der Waals surface area contributed by atoms with Crippen molar-refractivity contribution in [2.75, 3.05) is 0 Å². The Hall–Kier alpha value is -2.17. The lowest BCUT2D eigenvalue weighted by Gasteiger charge is -2.15. The molecule has 0 atom stereocenters. The summed E-state index contributed by atoms with van der Waals surface area (Å²) in [7, 11) is 0. The Morgan fingerprint density at radius 2 is 0.947 bits per heavy atom. The Kier molecular flexibility index (Phi) is 26.3. The summed E-state index contributed by atoms with van der Waals surface area (Å²) in [4.78, 5) is 10.6. The first-order valence-corrected chi connectivity index (χ1v) is 15.1. The van der Waals surface area contributed by atoms with Crippen molar-refractivity contribution in [2.45, 2.75) is 135 Å². The van der Waals surface area contributed by atoms with Gasteiger partial charge in [-0.2, -0.15) is 0 Å². The number of hydrogen-bond acceptors (Lipinski definition) is 3. The topological polar surface area (TPSA) is 77.8 Å². The first kappa shape index (κ1) is 35.8. The molecule has 4 nitrogen and oxygen atoms in total. The molecule has 0 unspecified atom stereocenters. The van der Waals surface area contributed by atoms with E-state index in [1.165, 1.54) is 51.4 Å². The molecule has 0 saturated carbocycles. The van der Waals surface area contributed by atoms with Crippen LogP contribution in [0.2, 0.25) is 0 Å². The highest BCUT2D eigenvalue weighted by molar-refractivity contribution is 5.74. The van der Waals surface area contributed by atoms with E-state index in [-0.39, 0.29) is 6.42 Å². The van der Waals surface area contributed by atoms with E-state index in [0.717, 1.165) is 57.8 Å². The zero-order valence-corrected chi connectivity index (χ0v) is 24.1. The number of aliphatic hydroxyl groups is 2. The lowest BCUT2D eigenvalue weighted by molar-refractivity contribution is -0.205. The quantitative estimate of drug-likeness (QED) is 0.0452. The van der Waals surface area contributed by atoms with Crippen molar-refractivity contribution >= 4 is 5.97 Å². The molecule has 3 N–H and O–H groups in total. The van der Waals surface area contributed by atoms with E-state index in [2.05, 4.69) is 79.8 Å². The van der Waals surface area contributed by atoms with Crippen LogP contribution in [0.1, 0.15) is 129 Å². The predicted octanol–water partition coefficient (Wildman–Crippen LogP) is 9.52. The third kappa shape index (κ3) is 26.9. The Balaban J connectivity index is 3.39. The number of aliphatic carboxylic acids is 1. The van der Waals surface area contributed by atoms with Crippen molar-refractivity contribution in [1.29, 1.82) is 0 Å². The SMILES string of the molecule is CCC=CCCC=CC=CC=CCCC=CCC=CCCCCCCCCCCCCCC(O)(O)C(=O)O. The Morgan fingerprint density at radius 3 is 1.45 bits per heavy atom. The smallest absolute Gasteiger partial charge is 0.364 e. The van der Waals surface area contributed by atoms with Crippen molar-refractivity contribution < 1.29 is 20.1 Å². The molecule has 0 amide bonds. The minimum absolute atomic E-state index is 0.0962. The van der Waals surface area contributed by atoms with Crippen LogP contribution in [-0.4, -0.2) is 27.1 Å². The first-order valence-electron chi connectivity index (χ1n) is 15.1. The summed E-state index contributed by atoms with van der Waals surface area (Å²) in [6.45, 7) is 2.16. The van der Waals surface area contributed by atoms with Crippen LogP contribution in [0, 0.1) is 0 Å². The molecule has 4 heteroatoms. The third-order valence-electron chi connectivity index (χ3n) is 6.35. The zero-order chi connectivity index (χ0) is 28.0. The molecule has 0 radical (unpaired) electrons. The monoisotopic (exact) mass is 528 g/mol. The van der Waals surface area contributed by atoms with Gasteiger partial charge in [0.15, 0.2) is 0 Å². The van der Waals surface area contributed by atoms with E-state index in [4.69, 9.17) is 5.11 Å². The van der Waals surface area contributed by atoms with Crippen molar-refractivity contribution in [3.05, 3.63) is 72.9 Å². The summed E-state index contributed by atoms with van der Waals surface area (Å²) < 4.78 is 0. The van der Waals surface area contributed by atoms with Crippen LogP contribution >= 0.6 is 0 Å². The Bertz CT molecular complexity index is 710. The number of allylic oxidation sites excluding steroid dienone is 12. The normalized spacial score (nSPS) is 13.1. The fraction of sp³-hybridized carbons (Fsp3) is 0.618. The fourth-order valence-electron chi connectivity index (χ4n) is 3.99. The van der Waals surface area contributed by atoms with Crippen LogP contribution in [0.5, 0.6) is 0 Å². The fourth-order valence-corrected chi connectivity index (χ4v) is 3.99. The van der Waals surface area contributed by atoms with Crippen molar-refractivity contribution in [2.24, 2.45) is 0 Å². The lowest BCUT2D eigenvalue weighted by Crippen LogP contribution is -2.37. The highest BCUT2D eigenvalue weighted by Gasteiger charge is 2.31. The number of carboxylic acid groups (broad SMARTS) is 1. The van der Waals surface area contributed by atoms with Gasteiger partial charge >= 0.3 is 5.97 Å². The molecule has 0 aliphatic carbocycles. The maximum atomic E-state index is 10.6. The van der Waals surface area contributed by atoms with Crippen LogP contribution in [0.25, 0.3) is 0 Å². The Labute approximate surface area is 233 Å². The summed E-state index contributed by atoms with van der Waals surface area (Å²) in [6, 6.07) is 0. The molecule has 38 heavy (non-hydrogen) atoms. The minimum Gasteiger partial charge on any atom is -0.477 e. The third-order valence-corrected chi connectivity index (χ3v) is 6.35. The van der Waals surface area contributed by atoms with E-state index in [9.17, 15) is 15.0 Å². The molecule has 0 bridgehead atoms. The zero-order valence-electron chi connectivity index (χ0n) is 24.1. The number of carbonyl (C=O) groups is 1. The van der Waals surface area contributed by atoms with E-state index in [1.54, 1.807) is 0 Å². The lowest BCUT2D eigenvalue weighted by atomic mass is 10.0. The second-order valence-electron chi connectivity index (χ2n) is 10.0. The van der Waals surface area contributed by atoms with Gasteiger partial charge in [0, 0.05) is 6.42 Å². The van der Waals surface area contributed by atoms with Crippen molar-refractivity contribution in [3.63, 3.8) is 0 Å². The van der Waals surface area contributed by atoms with Gasteiger partial charge in [-0.15, -0.1) is 0 Å². The maximum absolute atomic E-state index is 10.6. The van der Waals surface area contributed by atoms with E-state index < -0.39 is 11.8 Å². The average Bonchev–Trinajstić information content (AvgIpc) is 2.89. The second-order valence-corrected chi connectivity index (χ2v) is 10.0. The van der Waals surface area contributed by atoms with E-state index >= 15 is 0 Å². The standard InChI is InChI=1S/C34H56O4/c1-2-3-4-5-6-7-8-9-10-11-12-13-14-15-16-17-18-19-20-21-22-23-24-25-26-27-28-29-30-31-32-34(37,38)33(35)36/h3-4,7-12,15-16,18-19,37-38H,2,5-6,13-14,17,20-32H2,1H3,(H,35,36).